The van der Waals surface area contributed by atoms with Gasteiger partial charge < -0.3 is 15.0 Å². The van der Waals surface area contributed by atoms with Gasteiger partial charge in [-0.05, 0) is 19.3 Å². The summed E-state index contributed by atoms with van der Waals surface area (Å²) in [5.74, 6) is 3.13. The van der Waals surface area contributed by atoms with Crippen molar-refractivity contribution in [1.82, 2.24) is 9.97 Å². The molecule has 1 unspecified atom stereocenters. The summed E-state index contributed by atoms with van der Waals surface area (Å²) < 4.78 is 5.92. The van der Waals surface area contributed by atoms with Gasteiger partial charge in [-0.15, -0.1) is 0 Å². The van der Waals surface area contributed by atoms with Crippen molar-refractivity contribution in [1.29, 1.82) is 0 Å². The summed E-state index contributed by atoms with van der Waals surface area (Å²) in [5, 5.41) is 3.14. The lowest BCUT2D eigenvalue weighted by Gasteiger charge is -2.33. The van der Waals surface area contributed by atoms with E-state index in [1.807, 2.05) is 13.1 Å². The van der Waals surface area contributed by atoms with Gasteiger partial charge in [-0.25, -0.2) is 9.97 Å². The fourth-order valence-electron chi connectivity index (χ4n) is 2.57. The number of aromatic nitrogens is 2. The Morgan fingerprint density at radius 3 is 2.90 bits per heavy atom. The van der Waals surface area contributed by atoms with Crippen molar-refractivity contribution in [2.75, 3.05) is 37.0 Å². The van der Waals surface area contributed by atoms with Gasteiger partial charge >= 0.3 is 0 Å². The number of hydrogen-bond acceptors (Lipinski definition) is 5. The van der Waals surface area contributed by atoms with Crippen LogP contribution in [0.25, 0.3) is 0 Å². The molecule has 1 aromatic rings. The van der Waals surface area contributed by atoms with Crippen molar-refractivity contribution < 1.29 is 4.74 Å². The average molecular weight is 292 g/mol. The Labute approximate surface area is 128 Å². The highest BCUT2D eigenvalue weighted by atomic mass is 16.5. The summed E-state index contributed by atoms with van der Waals surface area (Å²) in [6.45, 7) is 9.23. The first kappa shape index (κ1) is 16.0. The van der Waals surface area contributed by atoms with Gasteiger partial charge in [0, 0.05) is 38.7 Å². The van der Waals surface area contributed by atoms with Crippen LogP contribution in [-0.2, 0) is 4.74 Å². The van der Waals surface area contributed by atoms with Crippen molar-refractivity contribution in [2.45, 2.75) is 52.1 Å². The van der Waals surface area contributed by atoms with Crippen LogP contribution in [0.3, 0.4) is 0 Å². The lowest BCUT2D eigenvalue weighted by molar-refractivity contribution is 0.0439. The minimum atomic E-state index is 0.328. The van der Waals surface area contributed by atoms with E-state index in [4.69, 9.17) is 9.72 Å². The van der Waals surface area contributed by atoms with Crippen molar-refractivity contribution in [3.8, 4) is 0 Å². The smallest absolute Gasteiger partial charge is 0.135 e. The fraction of sp³-hybridized carbons (Fsp3) is 0.750. The van der Waals surface area contributed by atoms with E-state index in [2.05, 4.69) is 36.0 Å². The molecular weight excluding hydrogens is 264 g/mol. The molecule has 0 spiro atoms. The van der Waals surface area contributed by atoms with E-state index in [0.29, 0.717) is 12.0 Å². The molecular formula is C16H28N4O. The average Bonchev–Trinajstić information content (AvgIpc) is 2.52. The third-order valence-electron chi connectivity index (χ3n) is 3.76. The Bertz CT molecular complexity index is 450. The van der Waals surface area contributed by atoms with Crippen LogP contribution in [-0.4, -0.2) is 42.8 Å². The topological polar surface area (TPSA) is 50.3 Å². The summed E-state index contributed by atoms with van der Waals surface area (Å²) in [7, 11) is 1.90. The molecule has 1 aliphatic rings. The zero-order valence-electron chi connectivity index (χ0n) is 13.7. The molecule has 1 fully saturated rings. The van der Waals surface area contributed by atoms with Crippen LogP contribution in [0.15, 0.2) is 6.07 Å². The third-order valence-corrected chi connectivity index (χ3v) is 3.76. The molecule has 0 radical (unpaired) electrons. The van der Waals surface area contributed by atoms with Crippen LogP contribution in [0.5, 0.6) is 0 Å². The van der Waals surface area contributed by atoms with Crippen molar-refractivity contribution in [3.05, 3.63) is 11.9 Å². The zero-order chi connectivity index (χ0) is 15.2. The first-order valence-electron chi connectivity index (χ1n) is 8.07. The fourth-order valence-corrected chi connectivity index (χ4v) is 2.57. The van der Waals surface area contributed by atoms with Gasteiger partial charge in [0.1, 0.15) is 17.5 Å². The number of hydrogen-bond donors (Lipinski definition) is 1. The summed E-state index contributed by atoms with van der Waals surface area (Å²) >= 11 is 0. The lowest BCUT2D eigenvalue weighted by Crippen LogP contribution is -2.40. The highest BCUT2D eigenvalue weighted by molar-refractivity contribution is 5.49. The van der Waals surface area contributed by atoms with E-state index in [1.165, 1.54) is 0 Å². The first-order valence-corrected chi connectivity index (χ1v) is 8.07. The van der Waals surface area contributed by atoms with Crippen LogP contribution in [0.4, 0.5) is 11.6 Å². The maximum atomic E-state index is 5.92. The molecule has 1 atom stereocenters. The summed E-state index contributed by atoms with van der Waals surface area (Å²) in [5.41, 5.74) is 0. The van der Waals surface area contributed by atoms with Crippen molar-refractivity contribution in [2.24, 2.45) is 0 Å². The maximum absolute atomic E-state index is 5.92. The molecule has 0 aliphatic carbocycles. The molecule has 5 heteroatoms. The summed E-state index contributed by atoms with van der Waals surface area (Å²) in [6.07, 6.45) is 3.71. The van der Waals surface area contributed by atoms with Crippen LogP contribution in [0.2, 0.25) is 0 Å². The Kier molecular flexibility index (Phi) is 5.79. The van der Waals surface area contributed by atoms with Crippen molar-refractivity contribution >= 4 is 11.6 Å². The van der Waals surface area contributed by atoms with Gasteiger partial charge in [0.15, 0.2) is 0 Å². The molecule has 1 aromatic heterocycles. The molecule has 1 saturated heterocycles. The third kappa shape index (κ3) is 4.30. The molecule has 0 aromatic carbocycles. The molecule has 0 bridgehead atoms. The van der Waals surface area contributed by atoms with Gasteiger partial charge in [-0.2, -0.15) is 0 Å². The second kappa shape index (κ2) is 7.59. The summed E-state index contributed by atoms with van der Waals surface area (Å²) in [6, 6.07) is 2.04. The quantitative estimate of drug-likeness (QED) is 0.873. The Morgan fingerprint density at radius 2 is 2.24 bits per heavy atom. The number of nitrogens with zero attached hydrogens (tertiary/aromatic N) is 3. The lowest BCUT2D eigenvalue weighted by atomic mass is 10.1. The second-order valence-electron chi connectivity index (χ2n) is 5.96. The van der Waals surface area contributed by atoms with Gasteiger partial charge in [-0.1, -0.05) is 20.8 Å². The van der Waals surface area contributed by atoms with E-state index in [-0.39, 0.29) is 0 Å². The van der Waals surface area contributed by atoms with E-state index in [0.717, 1.165) is 56.4 Å². The molecule has 21 heavy (non-hydrogen) atoms. The van der Waals surface area contributed by atoms with Crippen molar-refractivity contribution in [3.63, 3.8) is 0 Å². The highest BCUT2D eigenvalue weighted by Crippen LogP contribution is 2.23. The van der Waals surface area contributed by atoms with Gasteiger partial charge in [-0.3, -0.25) is 0 Å². The predicted molar refractivity (Wildman–Crippen MR) is 87.1 cm³/mol. The molecule has 2 rings (SSSR count). The SMILES string of the molecule is CCCOC1CCCN(c2cc(NC)nc(C(C)C)n2)C1. The van der Waals surface area contributed by atoms with Gasteiger partial charge in [0.2, 0.25) is 0 Å². The Morgan fingerprint density at radius 1 is 1.43 bits per heavy atom. The number of rotatable bonds is 6. The Balaban J connectivity index is 2.14. The molecule has 0 saturated carbocycles. The van der Waals surface area contributed by atoms with Gasteiger partial charge in [0.05, 0.1) is 6.10 Å². The number of piperidine rings is 1. The number of anilines is 2. The van der Waals surface area contributed by atoms with Crippen LogP contribution in [0.1, 0.15) is 51.8 Å². The van der Waals surface area contributed by atoms with E-state index in [9.17, 15) is 0 Å². The molecule has 2 heterocycles. The molecule has 118 valence electrons. The van der Waals surface area contributed by atoms with Crippen LogP contribution in [0, 0.1) is 0 Å². The number of nitrogens with one attached hydrogen (secondary N) is 1. The predicted octanol–water partition coefficient (Wildman–Crippen LogP) is 3.04. The highest BCUT2D eigenvalue weighted by Gasteiger charge is 2.22. The molecule has 1 aliphatic heterocycles. The van der Waals surface area contributed by atoms with E-state index in [1.54, 1.807) is 0 Å². The number of ether oxygens (including phenoxy) is 1. The summed E-state index contributed by atoms with van der Waals surface area (Å²) in [4.78, 5) is 11.6. The normalized spacial score (nSPS) is 19.1. The van der Waals surface area contributed by atoms with E-state index >= 15 is 0 Å². The first-order chi connectivity index (χ1) is 10.1. The standard InChI is InChI=1S/C16H28N4O/c1-5-9-21-13-7-6-8-20(11-13)15-10-14(17-4)18-16(19-15)12(2)3/h10,12-13H,5-9,11H2,1-4H3,(H,17,18,19). The second-order valence-corrected chi connectivity index (χ2v) is 5.96. The molecule has 5 nitrogen and oxygen atoms in total. The molecule has 0 amide bonds. The zero-order valence-corrected chi connectivity index (χ0v) is 13.7. The van der Waals surface area contributed by atoms with Crippen LogP contribution < -0.4 is 10.2 Å². The maximum Gasteiger partial charge on any atom is 0.135 e. The largest absolute Gasteiger partial charge is 0.376 e. The minimum Gasteiger partial charge on any atom is -0.376 e. The monoisotopic (exact) mass is 292 g/mol. The minimum absolute atomic E-state index is 0.328. The van der Waals surface area contributed by atoms with E-state index < -0.39 is 0 Å². The Hall–Kier alpha value is -1.36. The van der Waals surface area contributed by atoms with Crippen LogP contribution >= 0.6 is 0 Å². The molecule has 1 N–H and O–H groups in total. The van der Waals surface area contributed by atoms with Gasteiger partial charge in [0.25, 0.3) is 0 Å².